The highest BCUT2D eigenvalue weighted by Crippen LogP contribution is 2.38. The predicted octanol–water partition coefficient (Wildman–Crippen LogP) is 4.41. The van der Waals surface area contributed by atoms with Gasteiger partial charge >= 0.3 is 6.18 Å². The fourth-order valence-electron chi connectivity index (χ4n) is 3.98. The van der Waals surface area contributed by atoms with E-state index >= 15 is 0 Å². The van der Waals surface area contributed by atoms with E-state index in [1.807, 2.05) is 24.3 Å². The number of nitrogens with zero attached hydrogens (tertiary/aromatic N) is 1. The van der Waals surface area contributed by atoms with Gasteiger partial charge < -0.3 is 19.7 Å². The molecule has 2 heterocycles. The van der Waals surface area contributed by atoms with Crippen molar-refractivity contribution in [1.29, 1.82) is 0 Å². The number of ether oxygens (including phenoxy) is 2. The summed E-state index contributed by atoms with van der Waals surface area (Å²) >= 11 is 0. The number of carbonyl (C=O) groups is 1. The first-order valence-electron chi connectivity index (χ1n) is 10.7. The Labute approximate surface area is 184 Å². The number of hydrogen-bond acceptors (Lipinski definition) is 4. The first-order chi connectivity index (χ1) is 15.4. The molecule has 170 valence electrons. The smallest absolute Gasteiger partial charge is 0.416 e. The number of benzene rings is 2. The Balaban J connectivity index is 1.49. The Morgan fingerprint density at radius 2 is 1.88 bits per heavy atom. The average molecular weight is 446 g/mol. The van der Waals surface area contributed by atoms with Crippen LogP contribution in [0.15, 0.2) is 48.5 Å². The van der Waals surface area contributed by atoms with Gasteiger partial charge in [-0.1, -0.05) is 24.3 Å². The highest BCUT2D eigenvalue weighted by Gasteiger charge is 2.32. The number of hydrogen-bond donors (Lipinski definition) is 1. The van der Waals surface area contributed by atoms with Gasteiger partial charge in [0.2, 0.25) is 5.91 Å². The van der Waals surface area contributed by atoms with Gasteiger partial charge in [-0.15, -0.1) is 0 Å². The lowest BCUT2D eigenvalue weighted by atomic mass is 9.99. The highest BCUT2D eigenvalue weighted by molar-refractivity contribution is 5.96. The summed E-state index contributed by atoms with van der Waals surface area (Å²) in [5, 5.41) is 2.92. The maximum atomic E-state index is 13.1. The van der Waals surface area contributed by atoms with E-state index < -0.39 is 11.7 Å². The Morgan fingerprint density at radius 3 is 2.66 bits per heavy atom. The molecule has 1 N–H and O–H groups in total. The Morgan fingerprint density at radius 1 is 1.09 bits per heavy atom. The highest BCUT2D eigenvalue weighted by atomic mass is 19.4. The largest absolute Gasteiger partial charge is 0.493 e. The van der Waals surface area contributed by atoms with E-state index in [1.54, 1.807) is 0 Å². The summed E-state index contributed by atoms with van der Waals surface area (Å²) in [6.45, 7) is 3.60. The summed E-state index contributed by atoms with van der Waals surface area (Å²) in [5.74, 6) is -0.126. The van der Waals surface area contributed by atoms with Gasteiger partial charge in [0.05, 0.1) is 25.4 Å². The Kier molecular flexibility index (Phi) is 6.69. The molecule has 5 nitrogen and oxygen atoms in total. The standard InChI is InChI=1S/C24H25F3N2O3/c25-24(26,27)19-7-8-20-17(5-3-11-32-22(20)15-19)14-23(30)28-16-18-4-1-2-6-21(18)29-9-12-31-13-10-29/h1-2,4,6-8,14-15H,3,5,9-13,16H2,(H,28,30). The summed E-state index contributed by atoms with van der Waals surface area (Å²) in [7, 11) is 0. The first kappa shape index (κ1) is 22.2. The molecule has 2 aliphatic rings. The molecule has 1 amide bonds. The second-order valence-corrected chi connectivity index (χ2v) is 7.78. The van der Waals surface area contributed by atoms with Gasteiger partial charge in [-0.05, 0) is 42.2 Å². The molecular formula is C24H25F3N2O3. The van der Waals surface area contributed by atoms with Crippen molar-refractivity contribution >= 4 is 17.2 Å². The monoisotopic (exact) mass is 446 g/mol. The lowest BCUT2D eigenvalue weighted by Crippen LogP contribution is -2.37. The lowest BCUT2D eigenvalue weighted by molar-refractivity contribution is -0.137. The van der Waals surface area contributed by atoms with Crippen LogP contribution in [0.4, 0.5) is 18.9 Å². The fourth-order valence-corrected chi connectivity index (χ4v) is 3.98. The maximum Gasteiger partial charge on any atom is 0.416 e. The zero-order valence-corrected chi connectivity index (χ0v) is 17.6. The Bertz CT molecular complexity index is 998. The molecule has 0 radical (unpaired) electrons. The van der Waals surface area contributed by atoms with Crippen LogP contribution in [0.1, 0.15) is 29.5 Å². The molecule has 2 aromatic rings. The van der Waals surface area contributed by atoms with E-state index in [0.29, 0.717) is 50.3 Å². The molecule has 1 saturated heterocycles. The average Bonchev–Trinajstić information content (AvgIpc) is 2.99. The van der Waals surface area contributed by atoms with E-state index in [4.69, 9.17) is 9.47 Å². The molecule has 0 aromatic heterocycles. The molecule has 0 aliphatic carbocycles. The van der Waals surface area contributed by atoms with Crippen molar-refractivity contribution in [3.8, 4) is 5.75 Å². The number of nitrogens with one attached hydrogen (secondary N) is 1. The lowest BCUT2D eigenvalue weighted by Gasteiger charge is -2.30. The minimum Gasteiger partial charge on any atom is -0.493 e. The molecule has 0 bridgehead atoms. The van der Waals surface area contributed by atoms with Crippen molar-refractivity contribution in [1.82, 2.24) is 5.32 Å². The first-order valence-corrected chi connectivity index (χ1v) is 10.7. The zero-order valence-electron chi connectivity index (χ0n) is 17.6. The molecule has 4 rings (SSSR count). The van der Waals surface area contributed by atoms with Gasteiger partial charge in [-0.2, -0.15) is 13.2 Å². The summed E-state index contributed by atoms with van der Waals surface area (Å²) in [6.07, 6.45) is -1.80. The third kappa shape index (κ3) is 5.24. The molecule has 0 atom stereocenters. The molecule has 0 unspecified atom stereocenters. The van der Waals surface area contributed by atoms with E-state index in [-0.39, 0.29) is 11.7 Å². The van der Waals surface area contributed by atoms with E-state index in [0.717, 1.165) is 36.5 Å². The van der Waals surface area contributed by atoms with Crippen molar-refractivity contribution in [2.45, 2.75) is 25.6 Å². The summed E-state index contributed by atoms with van der Waals surface area (Å²) in [5.41, 5.74) is 2.50. The number of carbonyl (C=O) groups excluding carboxylic acids is 1. The predicted molar refractivity (Wildman–Crippen MR) is 115 cm³/mol. The minimum absolute atomic E-state index is 0.161. The van der Waals surface area contributed by atoms with Crippen LogP contribution < -0.4 is 15.0 Å². The number of fused-ring (bicyclic) bond motifs is 1. The zero-order chi connectivity index (χ0) is 22.6. The number of morpholine rings is 1. The normalized spacial score (nSPS) is 18.0. The number of rotatable bonds is 4. The van der Waals surface area contributed by atoms with Crippen LogP contribution in [0.5, 0.6) is 5.75 Å². The number of allylic oxidation sites excluding steroid dienone is 1. The SMILES string of the molecule is O=C(C=C1CCCOc2cc(C(F)(F)F)ccc21)NCc1ccccc1N1CCOCC1. The van der Waals surface area contributed by atoms with E-state index in [1.165, 1.54) is 12.1 Å². The summed E-state index contributed by atoms with van der Waals surface area (Å²) in [6, 6.07) is 11.3. The second kappa shape index (κ2) is 9.65. The Hall–Kier alpha value is -3.00. The summed E-state index contributed by atoms with van der Waals surface area (Å²) < 4.78 is 50.1. The number of halogens is 3. The van der Waals surface area contributed by atoms with Crippen LogP contribution in [0.2, 0.25) is 0 Å². The fraction of sp³-hybridized carbons (Fsp3) is 0.375. The number of amides is 1. The molecule has 0 saturated carbocycles. The third-order valence-electron chi connectivity index (χ3n) is 5.60. The molecular weight excluding hydrogens is 421 g/mol. The van der Waals surface area contributed by atoms with Gasteiger partial charge in [0.25, 0.3) is 0 Å². The third-order valence-corrected chi connectivity index (χ3v) is 5.60. The molecule has 0 spiro atoms. The van der Waals surface area contributed by atoms with Crippen LogP contribution in [0.3, 0.4) is 0 Å². The van der Waals surface area contributed by atoms with Crippen molar-refractivity contribution in [2.75, 3.05) is 37.8 Å². The van der Waals surface area contributed by atoms with Gasteiger partial charge in [0, 0.05) is 37.0 Å². The molecule has 8 heteroatoms. The quantitative estimate of drug-likeness (QED) is 0.707. The molecule has 32 heavy (non-hydrogen) atoms. The van der Waals surface area contributed by atoms with Crippen LogP contribution in [0.25, 0.3) is 5.57 Å². The van der Waals surface area contributed by atoms with E-state index in [2.05, 4.69) is 10.2 Å². The van der Waals surface area contributed by atoms with Gasteiger partial charge in [-0.25, -0.2) is 0 Å². The van der Waals surface area contributed by atoms with Crippen LogP contribution in [-0.4, -0.2) is 38.8 Å². The maximum absolute atomic E-state index is 13.1. The number of para-hydroxylation sites is 1. The topological polar surface area (TPSA) is 50.8 Å². The van der Waals surface area contributed by atoms with Crippen molar-refractivity contribution < 1.29 is 27.4 Å². The number of alkyl halides is 3. The molecule has 2 aromatic carbocycles. The molecule has 2 aliphatic heterocycles. The van der Waals surface area contributed by atoms with Crippen LogP contribution in [0, 0.1) is 0 Å². The van der Waals surface area contributed by atoms with E-state index in [9.17, 15) is 18.0 Å². The van der Waals surface area contributed by atoms with Gasteiger partial charge in [-0.3, -0.25) is 4.79 Å². The minimum atomic E-state index is -4.44. The van der Waals surface area contributed by atoms with Crippen LogP contribution in [-0.2, 0) is 22.3 Å². The number of anilines is 1. The summed E-state index contributed by atoms with van der Waals surface area (Å²) in [4.78, 5) is 14.9. The second-order valence-electron chi connectivity index (χ2n) is 7.78. The van der Waals surface area contributed by atoms with Crippen molar-refractivity contribution in [3.05, 3.63) is 65.2 Å². The van der Waals surface area contributed by atoms with Crippen molar-refractivity contribution in [3.63, 3.8) is 0 Å². The van der Waals surface area contributed by atoms with Gasteiger partial charge in [0.15, 0.2) is 0 Å². The molecule has 1 fully saturated rings. The van der Waals surface area contributed by atoms with Gasteiger partial charge in [0.1, 0.15) is 5.75 Å². The van der Waals surface area contributed by atoms with Crippen LogP contribution >= 0.6 is 0 Å². The van der Waals surface area contributed by atoms with Crippen molar-refractivity contribution in [2.24, 2.45) is 0 Å².